The zero-order valence-electron chi connectivity index (χ0n) is 9.69. The highest BCUT2D eigenvalue weighted by atomic mass is 32.1. The molecule has 1 heterocycles. The molecule has 0 spiro atoms. The quantitative estimate of drug-likeness (QED) is 0.777. The van der Waals surface area contributed by atoms with Gasteiger partial charge in [0, 0.05) is 18.8 Å². The lowest BCUT2D eigenvalue weighted by Gasteiger charge is -2.13. The van der Waals surface area contributed by atoms with Gasteiger partial charge in [0.05, 0.1) is 5.69 Å². The van der Waals surface area contributed by atoms with Gasteiger partial charge in [0.25, 0.3) is 0 Å². The van der Waals surface area contributed by atoms with Crippen molar-refractivity contribution in [2.75, 3.05) is 25.5 Å². The molecule has 0 fully saturated rings. The lowest BCUT2D eigenvalue weighted by Crippen LogP contribution is -2.21. The molecular weight excluding hydrogens is 224 g/mol. The van der Waals surface area contributed by atoms with Crippen molar-refractivity contribution in [3.8, 4) is 0 Å². The molecule has 0 saturated carbocycles. The summed E-state index contributed by atoms with van der Waals surface area (Å²) in [7, 11) is 2.03. The maximum Gasteiger partial charge on any atom is 0.223 e. The standard InChI is InChI=1S/C10H18N4OS/c1-8(15)12-10-13-9(7-16-10)6-14(2)5-3-4-11/h7H,3-6,11H2,1-2H3,(H,12,13,15). The van der Waals surface area contributed by atoms with Gasteiger partial charge in [0.15, 0.2) is 5.13 Å². The summed E-state index contributed by atoms with van der Waals surface area (Å²) in [6.45, 7) is 3.94. The third kappa shape index (κ3) is 4.69. The highest BCUT2D eigenvalue weighted by Gasteiger charge is 2.05. The molecule has 3 N–H and O–H groups in total. The van der Waals surface area contributed by atoms with Crippen LogP contribution in [0.25, 0.3) is 0 Å². The molecule has 1 amide bonds. The third-order valence-corrected chi connectivity index (χ3v) is 2.82. The van der Waals surface area contributed by atoms with Gasteiger partial charge in [-0.2, -0.15) is 0 Å². The fourth-order valence-corrected chi connectivity index (χ4v) is 2.05. The Labute approximate surface area is 99.7 Å². The summed E-state index contributed by atoms with van der Waals surface area (Å²) in [4.78, 5) is 17.3. The van der Waals surface area contributed by atoms with Crippen LogP contribution in [0.5, 0.6) is 0 Å². The highest BCUT2D eigenvalue weighted by molar-refractivity contribution is 7.13. The minimum atomic E-state index is -0.0858. The maximum absolute atomic E-state index is 10.8. The summed E-state index contributed by atoms with van der Waals surface area (Å²) in [6, 6.07) is 0. The molecule has 0 aliphatic carbocycles. The molecule has 1 aromatic heterocycles. The van der Waals surface area contributed by atoms with Crippen molar-refractivity contribution in [1.29, 1.82) is 0 Å². The van der Waals surface area contributed by atoms with E-state index in [1.807, 2.05) is 12.4 Å². The fourth-order valence-electron chi connectivity index (χ4n) is 1.30. The molecule has 0 saturated heterocycles. The zero-order valence-corrected chi connectivity index (χ0v) is 10.5. The Hall–Kier alpha value is -0.980. The Morgan fingerprint density at radius 3 is 3.06 bits per heavy atom. The van der Waals surface area contributed by atoms with Crippen molar-refractivity contribution >= 4 is 22.4 Å². The van der Waals surface area contributed by atoms with Crippen LogP contribution >= 0.6 is 11.3 Å². The third-order valence-electron chi connectivity index (χ3n) is 2.01. The van der Waals surface area contributed by atoms with Crippen LogP contribution in [-0.4, -0.2) is 35.9 Å². The number of amides is 1. The number of carbonyl (C=O) groups excluding carboxylic acids is 1. The van der Waals surface area contributed by atoms with Gasteiger partial charge in [-0.3, -0.25) is 4.79 Å². The van der Waals surface area contributed by atoms with E-state index in [0.29, 0.717) is 11.7 Å². The lowest BCUT2D eigenvalue weighted by molar-refractivity contribution is -0.114. The molecule has 16 heavy (non-hydrogen) atoms. The van der Waals surface area contributed by atoms with E-state index in [1.54, 1.807) is 0 Å². The van der Waals surface area contributed by atoms with E-state index in [1.165, 1.54) is 18.3 Å². The van der Waals surface area contributed by atoms with E-state index < -0.39 is 0 Å². The monoisotopic (exact) mass is 242 g/mol. The van der Waals surface area contributed by atoms with E-state index in [9.17, 15) is 4.79 Å². The van der Waals surface area contributed by atoms with Crippen LogP contribution < -0.4 is 11.1 Å². The summed E-state index contributed by atoms with van der Waals surface area (Å²) in [5.41, 5.74) is 6.42. The molecule has 0 bridgehead atoms. The number of rotatable bonds is 6. The number of aromatic nitrogens is 1. The Morgan fingerprint density at radius 2 is 2.44 bits per heavy atom. The molecule has 0 aromatic carbocycles. The van der Waals surface area contributed by atoms with Crippen molar-refractivity contribution in [2.45, 2.75) is 19.9 Å². The lowest BCUT2D eigenvalue weighted by atomic mass is 10.3. The molecule has 1 rings (SSSR count). The summed E-state index contributed by atoms with van der Waals surface area (Å²) < 4.78 is 0. The summed E-state index contributed by atoms with van der Waals surface area (Å²) in [6.07, 6.45) is 0.985. The first-order valence-electron chi connectivity index (χ1n) is 5.22. The zero-order chi connectivity index (χ0) is 12.0. The minimum absolute atomic E-state index is 0.0858. The van der Waals surface area contributed by atoms with Gasteiger partial charge in [-0.1, -0.05) is 0 Å². The van der Waals surface area contributed by atoms with Crippen LogP contribution in [0.1, 0.15) is 19.0 Å². The van der Waals surface area contributed by atoms with E-state index in [-0.39, 0.29) is 5.91 Å². The number of thiazole rings is 1. The van der Waals surface area contributed by atoms with Crippen LogP contribution in [0.4, 0.5) is 5.13 Å². The average molecular weight is 242 g/mol. The van der Waals surface area contributed by atoms with Gasteiger partial charge < -0.3 is 16.0 Å². The predicted octanol–water partition coefficient (Wildman–Crippen LogP) is 0.882. The van der Waals surface area contributed by atoms with Crippen LogP contribution in [0.15, 0.2) is 5.38 Å². The molecule has 0 atom stereocenters. The topological polar surface area (TPSA) is 71.2 Å². The molecule has 0 aliphatic rings. The SMILES string of the molecule is CC(=O)Nc1nc(CN(C)CCCN)cs1. The number of carbonyl (C=O) groups is 1. The van der Waals surface area contributed by atoms with Gasteiger partial charge in [-0.05, 0) is 26.6 Å². The molecular formula is C10H18N4OS. The summed E-state index contributed by atoms with van der Waals surface area (Å²) in [5, 5.41) is 5.30. The van der Waals surface area contributed by atoms with Crippen molar-refractivity contribution in [2.24, 2.45) is 5.73 Å². The van der Waals surface area contributed by atoms with Gasteiger partial charge in [-0.15, -0.1) is 11.3 Å². The Kier molecular flexibility index (Phi) is 5.37. The molecule has 0 radical (unpaired) electrons. The minimum Gasteiger partial charge on any atom is -0.330 e. The molecule has 5 nitrogen and oxygen atoms in total. The Balaban J connectivity index is 2.42. The molecule has 0 aliphatic heterocycles. The van der Waals surface area contributed by atoms with Crippen molar-refractivity contribution in [3.05, 3.63) is 11.1 Å². The molecule has 90 valence electrons. The maximum atomic E-state index is 10.8. The van der Waals surface area contributed by atoms with Gasteiger partial charge >= 0.3 is 0 Å². The smallest absolute Gasteiger partial charge is 0.223 e. The predicted molar refractivity (Wildman–Crippen MR) is 66.4 cm³/mol. The van der Waals surface area contributed by atoms with E-state index in [4.69, 9.17) is 5.73 Å². The van der Waals surface area contributed by atoms with Crippen LogP contribution in [0, 0.1) is 0 Å². The summed E-state index contributed by atoms with van der Waals surface area (Å²) >= 11 is 1.45. The van der Waals surface area contributed by atoms with Crippen LogP contribution in [-0.2, 0) is 11.3 Å². The number of nitrogens with one attached hydrogen (secondary N) is 1. The first kappa shape index (κ1) is 13.1. The van der Waals surface area contributed by atoms with Crippen LogP contribution in [0.2, 0.25) is 0 Å². The van der Waals surface area contributed by atoms with E-state index in [0.717, 1.165) is 25.2 Å². The number of hydrogen-bond donors (Lipinski definition) is 2. The normalized spacial score (nSPS) is 10.8. The van der Waals surface area contributed by atoms with E-state index in [2.05, 4.69) is 15.2 Å². The second kappa shape index (κ2) is 6.57. The molecule has 0 unspecified atom stereocenters. The number of nitrogens with zero attached hydrogens (tertiary/aromatic N) is 2. The molecule has 6 heteroatoms. The first-order valence-corrected chi connectivity index (χ1v) is 6.10. The second-order valence-electron chi connectivity index (χ2n) is 3.71. The van der Waals surface area contributed by atoms with Crippen molar-refractivity contribution in [3.63, 3.8) is 0 Å². The average Bonchev–Trinajstić information content (AvgIpc) is 2.61. The van der Waals surface area contributed by atoms with Crippen LogP contribution in [0.3, 0.4) is 0 Å². The highest BCUT2D eigenvalue weighted by Crippen LogP contribution is 2.16. The van der Waals surface area contributed by atoms with Crippen molar-refractivity contribution < 1.29 is 4.79 Å². The van der Waals surface area contributed by atoms with E-state index >= 15 is 0 Å². The largest absolute Gasteiger partial charge is 0.330 e. The van der Waals surface area contributed by atoms with Gasteiger partial charge in [0.1, 0.15) is 0 Å². The summed E-state index contributed by atoms with van der Waals surface area (Å²) in [5.74, 6) is -0.0858. The Bertz CT molecular complexity index is 339. The van der Waals surface area contributed by atoms with Gasteiger partial charge in [0.2, 0.25) is 5.91 Å². The fraction of sp³-hybridized carbons (Fsp3) is 0.600. The van der Waals surface area contributed by atoms with Gasteiger partial charge in [-0.25, -0.2) is 4.98 Å². The Morgan fingerprint density at radius 1 is 1.69 bits per heavy atom. The number of nitrogens with two attached hydrogens (primary N) is 1. The van der Waals surface area contributed by atoms with Crippen molar-refractivity contribution in [1.82, 2.24) is 9.88 Å². The molecule has 1 aromatic rings. The number of anilines is 1. The number of hydrogen-bond acceptors (Lipinski definition) is 5. The second-order valence-corrected chi connectivity index (χ2v) is 4.56. The first-order chi connectivity index (χ1) is 7.61.